The highest BCUT2D eigenvalue weighted by Gasteiger charge is 2.27. The molecule has 0 radical (unpaired) electrons. The van der Waals surface area contributed by atoms with Crippen LogP contribution in [0.5, 0.6) is 0 Å². The zero-order chi connectivity index (χ0) is 11.7. The van der Waals surface area contributed by atoms with Crippen molar-refractivity contribution in [3.05, 3.63) is 0 Å². The van der Waals surface area contributed by atoms with Crippen LogP contribution in [0.2, 0.25) is 0 Å². The molecule has 3 nitrogen and oxygen atoms in total. The highest BCUT2D eigenvalue weighted by Crippen LogP contribution is 2.18. The highest BCUT2D eigenvalue weighted by molar-refractivity contribution is 5.70. The van der Waals surface area contributed by atoms with E-state index in [4.69, 9.17) is 9.84 Å². The van der Waals surface area contributed by atoms with Crippen LogP contribution in [-0.2, 0) is 9.53 Å². The van der Waals surface area contributed by atoms with Gasteiger partial charge in [0.05, 0.1) is 12.0 Å². The first-order valence-corrected chi connectivity index (χ1v) is 5.30. The van der Waals surface area contributed by atoms with Crippen molar-refractivity contribution in [1.82, 2.24) is 0 Å². The van der Waals surface area contributed by atoms with Gasteiger partial charge >= 0.3 is 5.97 Å². The molecule has 0 aromatic rings. The van der Waals surface area contributed by atoms with E-state index in [0.29, 0.717) is 5.92 Å². The van der Waals surface area contributed by atoms with Crippen molar-refractivity contribution in [3.8, 4) is 0 Å². The van der Waals surface area contributed by atoms with Gasteiger partial charge in [0.15, 0.2) is 0 Å². The lowest BCUT2D eigenvalue weighted by molar-refractivity contribution is -0.147. The molecule has 0 saturated heterocycles. The molecule has 14 heavy (non-hydrogen) atoms. The standard InChI is InChI=1S/C9H18O3.C2H6/c1-5-6(2)8(12-4)7(3)9(10)11;1-2/h6-8H,5H2,1-4H3,(H,10,11);1-2H3/t6?,7-,8?;/m1./s1. The first-order valence-electron chi connectivity index (χ1n) is 5.30. The molecule has 0 aromatic heterocycles. The Balaban J connectivity index is 0. The van der Waals surface area contributed by atoms with Gasteiger partial charge in [0.25, 0.3) is 0 Å². The fourth-order valence-corrected chi connectivity index (χ4v) is 1.30. The Kier molecular flexibility index (Phi) is 10.2. The van der Waals surface area contributed by atoms with E-state index in [1.54, 1.807) is 14.0 Å². The van der Waals surface area contributed by atoms with Gasteiger partial charge in [-0.3, -0.25) is 4.79 Å². The molecule has 0 heterocycles. The predicted molar refractivity (Wildman–Crippen MR) is 58.4 cm³/mol. The molecule has 3 atom stereocenters. The molecule has 2 unspecified atom stereocenters. The lowest BCUT2D eigenvalue weighted by Gasteiger charge is -2.24. The van der Waals surface area contributed by atoms with Crippen molar-refractivity contribution in [1.29, 1.82) is 0 Å². The van der Waals surface area contributed by atoms with Crippen molar-refractivity contribution in [2.45, 2.75) is 47.1 Å². The van der Waals surface area contributed by atoms with Crippen molar-refractivity contribution < 1.29 is 14.6 Å². The lowest BCUT2D eigenvalue weighted by atomic mass is 9.91. The van der Waals surface area contributed by atoms with Crippen LogP contribution < -0.4 is 0 Å². The zero-order valence-electron chi connectivity index (χ0n) is 10.2. The monoisotopic (exact) mass is 204 g/mol. The molecule has 0 bridgehead atoms. The van der Waals surface area contributed by atoms with Crippen LogP contribution in [0.3, 0.4) is 0 Å². The van der Waals surface area contributed by atoms with Gasteiger partial charge in [0.2, 0.25) is 0 Å². The molecule has 3 heteroatoms. The minimum atomic E-state index is -0.790. The van der Waals surface area contributed by atoms with Gasteiger partial charge in [-0.1, -0.05) is 34.1 Å². The number of ether oxygens (including phenoxy) is 1. The number of methoxy groups -OCH3 is 1. The summed E-state index contributed by atoms with van der Waals surface area (Å²) in [4.78, 5) is 10.6. The summed E-state index contributed by atoms with van der Waals surface area (Å²) in [5.74, 6) is -0.923. The third-order valence-electron chi connectivity index (χ3n) is 2.36. The second-order valence-electron chi connectivity index (χ2n) is 3.21. The molecular formula is C11H24O3. The predicted octanol–water partition coefficient (Wildman–Crippen LogP) is 2.79. The van der Waals surface area contributed by atoms with E-state index in [1.807, 2.05) is 27.7 Å². The summed E-state index contributed by atoms with van der Waals surface area (Å²) in [5.41, 5.74) is 0. The van der Waals surface area contributed by atoms with Gasteiger partial charge in [-0.15, -0.1) is 0 Å². The Bertz CT molecular complexity index is 145. The van der Waals surface area contributed by atoms with Crippen LogP contribution >= 0.6 is 0 Å². The van der Waals surface area contributed by atoms with Crippen molar-refractivity contribution in [3.63, 3.8) is 0 Å². The number of hydrogen-bond acceptors (Lipinski definition) is 2. The topological polar surface area (TPSA) is 46.5 Å². The molecule has 0 saturated carbocycles. The smallest absolute Gasteiger partial charge is 0.308 e. The van der Waals surface area contributed by atoms with E-state index in [2.05, 4.69) is 0 Å². The fraction of sp³-hybridized carbons (Fsp3) is 0.909. The average Bonchev–Trinajstić information content (AvgIpc) is 2.21. The second-order valence-corrected chi connectivity index (χ2v) is 3.21. The number of carboxylic acid groups (broad SMARTS) is 1. The Morgan fingerprint density at radius 3 is 2.00 bits per heavy atom. The van der Waals surface area contributed by atoms with Crippen molar-refractivity contribution in [2.24, 2.45) is 11.8 Å². The normalized spacial score (nSPS) is 16.1. The van der Waals surface area contributed by atoms with Crippen molar-refractivity contribution in [2.75, 3.05) is 7.11 Å². The summed E-state index contributed by atoms with van der Waals surface area (Å²) in [5, 5.41) is 8.75. The molecule has 86 valence electrons. The van der Waals surface area contributed by atoms with E-state index < -0.39 is 11.9 Å². The molecule has 0 aromatic carbocycles. The summed E-state index contributed by atoms with van der Waals surface area (Å²) in [6.45, 7) is 9.72. The molecule has 0 aliphatic rings. The zero-order valence-corrected chi connectivity index (χ0v) is 10.2. The first kappa shape index (κ1) is 15.9. The second kappa shape index (κ2) is 9.00. The molecule has 0 rings (SSSR count). The maximum Gasteiger partial charge on any atom is 0.308 e. The number of hydrogen-bond donors (Lipinski definition) is 1. The Labute approximate surface area is 87.5 Å². The van der Waals surface area contributed by atoms with Gasteiger partial charge in [-0.2, -0.15) is 0 Å². The summed E-state index contributed by atoms with van der Waals surface area (Å²) < 4.78 is 5.15. The van der Waals surface area contributed by atoms with Crippen molar-refractivity contribution >= 4 is 5.97 Å². The fourth-order valence-electron chi connectivity index (χ4n) is 1.30. The summed E-state index contributed by atoms with van der Waals surface area (Å²) in [7, 11) is 1.57. The number of aliphatic carboxylic acids is 1. The maximum absolute atomic E-state index is 10.6. The Morgan fingerprint density at radius 1 is 1.36 bits per heavy atom. The average molecular weight is 204 g/mol. The molecule has 0 aliphatic heterocycles. The van der Waals surface area contributed by atoms with Gasteiger partial charge in [0.1, 0.15) is 0 Å². The molecule has 0 spiro atoms. The maximum atomic E-state index is 10.6. The largest absolute Gasteiger partial charge is 0.481 e. The minimum Gasteiger partial charge on any atom is -0.481 e. The lowest BCUT2D eigenvalue weighted by Crippen LogP contribution is -2.32. The van der Waals surface area contributed by atoms with Gasteiger partial charge in [-0.05, 0) is 12.8 Å². The molecular weight excluding hydrogens is 180 g/mol. The SMILES string of the molecule is CC.CCC(C)C(OC)[C@@H](C)C(=O)O. The van der Waals surface area contributed by atoms with Crippen LogP contribution in [0.15, 0.2) is 0 Å². The summed E-state index contributed by atoms with van der Waals surface area (Å²) >= 11 is 0. The minimum absolute atomic E-state index is 0.174. The van der Waals surface area contributed by atoms with Gasteiger partial charge in [-0.25, -0.2) is 0 Å². The van der Waals surface area contributed by atoms with Crippen LogP contribution in [-0.4, -0.2) is 24.3 Å². The third kappa shape index (κ3) is 5.22. The van der Waals surface area contributed by atoms with Crippen LogP contribution in [0.4, 0.5) is 0 Å². The summed E-state index contributed by atoms with van der Waals surface area (Å²) in [6, 6.07) is 0. The molecule has 0 fully saturated rings. The Morgan fingerprint density at radius 2 is 1.79 bits per heavy atom. The van der Waals surface area contributed by atoms with E-state index in [0.717, 1.165) is 6.42 Å². The molecule has 0 amide bonds. The van der Waals surface area contributed by atoms with E-state index >= 15 is 0 Å². The number of carbonyl (C=O) groups is 1. The first-order chi connectivity index (χ1) is 6.54. The van der Waals surface area contributed by atoms with E-state index in [-0.39, 0.29) is 6.10 Å². The van der Waals surface area contributed by atoms with Crippen LogP contribution in [0, 0.1) is 11.8 Å². The number of carboxylic acids is 1. The van der Waals surface area contributed by atoms with E-state index in [9.17, 15) is 4.79 Å². The summed E-state index contributed by atoms with van der Waals surface area (Å²) in [6.07, 6.45) is 0.767. The highest BCUT2D eigenvalue weighted by atomic mass is 16.5. The molecule has 1 N–H and O–H groups in total. The quantitative estimate of drug-likeness (QED) is 0.749. The van der Waals surface area contributed by atoms with Gasteiger partial charge in [0, 0.05) is 7.11 Å². The molecule has 0 aliphatic carbocycles. The number of rotatable bonds is 5. The third-order valence-corrected chi connectivity index (χ3v) is 2.36. The van der Waals surface area contributed by atoms with E-state index in [1.165, 1.54) is 0 Å². The van der Waals surface area contributed by atoms with Crippen LogP contribution in [0.25, 0.3) is 0 Å². The van der Waals surface area contributed by atoms with Crippen LogP contribution in [0.1, 0.15) is 41.0 Å². The van der Waals surface area contributed by atoms with Gasteiger partial charge < -0.3 is 9.84 Å². The Hall–Kier alpha value is -0.570.